The Balaban J connectivity index is 3.50. The highest BCUT2D eigenvalue weighted by Gasteiger charge is 1.92. The number of carbonyl (C=O) groups is 1. The fourth-order valence-electron chi connectivity index (χ4n) is 1.87. The molecule has 0 heterocycles. The molecular weight excluding hydrogens is 318 g/mol. The predicted molar refractivity (Wildman–Crippen MR) is 102 cm³/mol. The lowest BCUT2D eigenvalue weighted by atomic mass is 10.2. The van der Waals surface area contributed by atoms with E-state index in [1.165, 1.54) is 0 Å². The first-order valence-electron chi connectivity index (χ1n) is 8.71. The lowest BCUT2D eigenvalue weighted by Gasteiger charge is -1.90. The third-order valence-electron chi connectivity index (χ3n) is 3.16. The fraction of sp³-hybridized carbons (Fsp3) is 0.450. The molecule has 0 unspecified atom stereocenters. The van der Waals surface area contributed by atoms with E-state index in [0.29, 0.717) is 12.8 Å². The maximum atomic E-state index is 10.3. The molecule has 0 saturated heterocycles. The van der Waals surface area contributed by atoms with Crippen molar-refractivity contribution in [3.8, 4) is 0 Å². The van der Waals surface area contributed by atoms with Crippen LogP contribution < -0.4 is 0 Å². The first kappa shape index (κ1) is 22.6. The lowest BCUT2D eigenvalue weighted by Crippen LogP contribution is -1.97. The zero-order valence-corrected chi connectivity index (χ0v) is 14.8. The van der Waals surface area contributed by atoms with Crippen LogP contribution >= 0.6 is 0 Å². The summed E-state index contributed by atoms with van der Waals surface area (Å²) >= 11 is 0. The smallest absolute Gasteiger partial charge is 0.303 e. The van der Waals surface area contributed by atoms with Gasteiger partial charge < -0.3 is 5.11 Å². The zero-order valence-electron chi connectivity index (χ0n) is 14.8. The van der Waals surface area contributed by atoms with Crippen LogP contribution in [0, 0.1) is 10.1 Å². The summed E-state index contributed by atoms with van der Waals surface area (Å²) in [7, 11) is 0. The molecule has 0 aliphatic carbocycles. The molecule has 0 rings (SSSR count). The third-order valence-corrected chi connectivity index (χ3v) is 3.16. The molecule has 0 radical (unpaired) electrons. The van der Waals surface area contributed by atoms with Crippen molar-refractivity contribution in [3.63, 3.8) is 0 Å². The molecule has 0 aromatic carbocycles. The lowest BCUT2D eigenvalue weighted by molar-refractivity contribution is -0.478. The van der Waals surface area contributed by atoms with E-state index >= 15 is 0 Å². The van der Waals surface area contributed by atoms with Gasteiger partial charge in [0.05, 0.1) is 0 Å². The van der Waals surface area contributed by atoms with Crippen LogP contribution in [0.1, 0.15) is 51.4 Å². The second-order valence-electron chi connectivity index (χ2n) is 5.43. The molecule has 5 nitrogen and oxygen atoms in total. The highest BCUT2D eigenvalue weighted by atomic mass is 16.6. The molecule has 5 heteroatoms. The molecule has 0 atom stereocenters. The van der Waals surface area contributed by atoms with Crippen LogP contribution in [0.4, 0.5) is 0 Å². The molecule has 0 aliphatic heterocycles. The van der Waals surface area contributed by atoms with Crippen LogP contribution in [0.3, 0.4) is 0 Å². The maximum absolute atomic E-state index is 10.3. The topological polar surface area (TPSA) is 80.4 Å². The largest absolute Gasteiger partial charge is 0.481 e. The van der Waals surface area contributed by atoms with Gasteiger partial charge in [-0.3, -0.25) is 14.9 Å². The Morgan fingerprint density at radius 2 is 1.16 bits per heavy atom. The number of unbranched alkanes of at least 4 members (excludes halogenated alkanes) is 1. The minimum atomic E-state index is -0.737. The number of carboxylic acids is 1. The van der Waals surface area contributed by atoms with E-state index in [4.69, 9.17) is 5.11 Å². The summed E-state index contributed by atoms with van der Waals surface area (Å²) in [5.74, 6) is -0.737. The van der Waals surface area contributed by atoms with Gasteiger partial charge in [0, 0.05) is 17.8 Å². The summed E-state index contributed by atoms with van der Waals surface area (Å²) in [4.78, 5) is 20.1. The van der Waals surface area contributed by atoms with Gasteiger partial charge in [-0.05, 0) is 38.5 Å². The monoisotopic (exact) mass is 347 g/mol. The fourth-order valence-corrected chi connectivity index (χ4v) is 1.87. The number of nitro groups is 1. The molecule has 25 heavy (non-hydrogen) atoms. The quantitative estimate of drug-likeness (QED) is 0.190. The third kappa shape index (κ3) is 21.6. The zero-order chi connectivity index (χ0) is 18.6. The Morgan fingerprint density at radius 1 is 0.760 bits per heavy atom. The molecule has 138 valence electrons. The molecule has 0 aromatic rings. The molecular formula is C20H29NO4. The number of hydrogen-bond acceptors (Lipinski definition) is 3. The van der Waals surface area contributed by atoms with Gasteiger partial charge in [0.2, 0.25) is 6.54 Å². The van der Waals surface area contributed by atoms with Crippen molar-refractivity contribution in [2.75, 3.05) is 6.54 Å². The summed E-state index contributed by atoms with van der Waals surface area (Å²) in [5.41, 5.74) is 0. The molecule has 0 aromatic heterocycles. The number of allylic oxidation sites excluding steroid dienone is 9. The summed E-state index contributed by atoms with van der Waals surface area (Å²) in [5, 5.41) is 18.6. The van der Waals surface area contributed by atoms with Crippen LogP contribution in [-0.2, 0) is 4.79 Å². The van der Waals surface area contributed by atoms with Gasteiger partial charge in [-0.1, -0.05) is 60.8 Å². The Bertz CT molecular complexity index is 502. The Kier molecular flexibility index (Phi) is 16.2. The highest BCUT2D eigenvalue weighted by molar-refractivity contribution is 5.66. The Morgan fingerprint density at radius 3 is 1.56 bits per heavy atom. The van der Waals surface area contributed by atoms with Gasteiger partial charge in [-0.25, -0.2) is 0 Å². The first-order chi connectivity index (χ1) is 12.1. The number of aliphatic carboxylic acids is 1. The van der Waals surface area contributed by atoms with Crippen LogP contribution in [0.2, 0.25) is 0 Å². The number of carboxylic acid groups (broad SMARTS) is 1. The minimum absolute atomic E-state index is 0.00299. The van der Waals surface area contributed by atoms with Gasteiger partial charge in [0.15, 0.2) is 0 Å². The van der Waals surface area contributed by atoms with Crippen LogP contribution in [0.25, 0.3) is 0 Å². The normalized spacial score (nSPS) is 12.5. The number of rotatable bonds is 15. The summed E-state index contributed by atoms with van der Waals surface area (Å²) in [6.45, 7) is -0.00299. The molecule has 0 spiro atoms. The minimum Gasteiger partial charge on any atom is -0.481 e. The molecule has 1 N–H and O–H groups in total. The van der Waals surface area contributed by atoms with E-state index in [-0.39, 0.29) is 17.9 Å². The molecule has 0 amide bonds. The van der Waals surface area contributed by atoms with Gasteiger partial charge in [0.1, 0.15) is 0 Å². The summed E-state index contributed by atoms with van der Waals surface area (Å²) < 4.78 is 0. The average Bonchev–Trinajstić information content (AvgIpc) is 2.56. The second kappa shape index (κ2) is 17.9. The van der Waals surface area contributed by atoms with Crippen molar-refractivity contribution in [2.24, 2.45) is 0 Å². The van der Waals surface area contributed by atoms with E-state index in [9.17, 15) is 14.9 Å². The van der Waals surface area contributed by atoms with E-state index in [1.54, 1.807) is 0 Å². The van der Waals surface area contributed by atoms with E-state index in [0.717, 1.165) is 32.1 Å². The summed E-state index contributed by atoms with van der Waals surface area (Å²) in [6, 6.07) is 0. The van der Waals surface area contributed by atoms with Gasteiger partial charge in [-0.2, -0.15) is 0 Å². The van der Waals surface area contributed by atoms with Gasteiger partial charge in [-0.15, -0.1) is 0 Å². The number of nitrogens with zero attached hydrogens (tertiary/aromatic N) is 1. The maximum Gasteiger partial charge on any atom is 0.303 e. The van der Waals surface area contributed by atoms with Crippen LogP contribution in [0.15, 0.2) is 60.8 Å². The standard InChI is InChI=1S/C20H29NO4/c22-20(23)18-16-14-12-10-8-6-4-2-1-3-5-7-9-11-13-15-17-19-21(24)25/h1,3-4,6-7,9-10,12-13,15H,2,5,8,11,14,16-19H2,(H,22,23)/b3-1-,6-4-,9-7-,12-10-,15-13-. The molecule has 0 aliphatic rings. The molecule has 0 bridgehead atoms. The van der Waals surface area contributed by atoms with Crippen molar-refractivity contribution in [2.45, 2.75) is 51.4 Å². The second-order valence-corrected chi connectivity index (χ2v) is 5.43. The average molecular weight is 347 g/mol. The van der Waals surface area contributed by atoms with Crippen molar-refractivity contribution in [1.82, 2.24) is 0 Å². The van der Waals surface area contributed by atoms with Crippen molar-refractivity contribution < 1.29 is 14.8 Å². The Labute approximate surface area is 150 Å². The van der Waals surface area contributed by atoms with E-state index < -0.39 is 5.97 Å². The van der Waals surface area contributed by atoms with Crippen molar-refractivity contribution in [1.29, 1.82) is 0 Å². The van der Waals surface area contributed by atoms with E-state index in [1.807, 2.05) is 18.2 Å². The first-order valence-corrected chi connectivity index (χ1v) is 8.71. The van der Waals surface area contributed by atoms with E-state index in [2.05, 4.69) is 42.5 Å². The predicted octanol–water partition coefficient (Wildman–Crippen LogP) is 5.25. The Hall–Kier alpha value is -2.43. The van der Waals surface area contributed by atoms with Crippen LogP contribution in [0.5, 0.6) is 0 Å². The van der Waals surface area contributed by atoms with Gasteiger partial charge in [0.25, 0.3) is 0 Å². The van der Waals surface area contributed by atoms with Crippen molar-refractivity contribution in [3.05, 3.63) is 70.9 Å². The molecule has 0 fully saturated rings. The summed E-state index contributed by atoms with van der Waals surface area (Å²) in [6.07, 6.45) is 26.2. The SMILES string of the molecule is O=C(O)CCC/C=C\C/C=C\C/C=C\C/C=C\C/C=C\CC[N+](=O)[O-]. The van der Waals surface area contributed by atoms with Crippen LogP contribution in [-0.4, -0.2) is 22.5 Å². The van der Waals surface area contributed by atoms with Gasteiger partial charge >= 0.3 is 5.97 Å². The molecule has 0 saturated carbocycles. The number of hydrogen-bond donors (Lipinski definition) is 1. The highest BCUT2D eigenvalue weighted by Crippen LogP contribution is 1.99. The van der Waals surface area contributed by atoms with Crippen molar-refractivity contribution >= 4 is 5.97 Å².